The predicted molar refractivity (Wildman–Crippen MR) is 72.1 cm³/mol. The third kappa shape index (κ3) is 3.12. The fourth-order valence-corrected chi connectivity index (χ4v) is 1.93. The van der Waals surface area contributed by atoms with Crippen molar-refractivity contribution in [1.82, 2.24) is 4.98 Å². The Labute approximate surface area is 114 Å². The van der Waals surface area contributed by atoms with Crippen molar-refractivity contribution in [3.63, 3.8) is 0 Å². The Hall–Kier alpha value is -1.98. The summed E-state index contributed by atoms with van der Waals surface area (Å²) >= 11 is 0. The van der Waals surface area contributed by atoms with Crippen molar-refractivity contribution in [2.45, 2.75) is 26.1 Å². The minimum Gasteiger partial charge on any atom is -0.406 e. The van der Waals surface area contributed by atoms with E-state index in [1.807, 2.05) is 19.9 Å². The molecule has 1 heterocycles. The van der Waals surface area contributed by atoms with Gasteiger partial charge in [-0.1, -0.05) is 13.8 Å². The lowest BCUT2D eigenvalue weighted by Gasteiger charge is -2.13. The second-order valence-electron chi connectivity index (χ2n) is 4.73. The van der Waals surface area contributed by atoms with E-state index >= 15 is 0 Å². The molecule has 0 radical (unpaired) electrons. The molecule has 0 spiro atoms. The maximum atomic E-state index is 12.2. The van der Waals surface area contributed by atoms with E-state index in [2.05, 4.69) is 15.0 Å². The summed E-state index contributed by atoms with van der Waals surface area (Å²) in [7, 11) is 1.72. The number of halogens is 3. The smallest absolute Gasteiger partial charge is 0.406 e. The Bertz CT molecular complexity index is 624. The summed E-state index contributed by atoms with van der Waals surface area (Å²) in [4.78, 5) is 4.44. The zero-order chi connectivity index (χ0) is 14.9. The standard InChI is InChI=1S/C14H15F3N2O/c1-8(2)12-7-13(18-3)10-6-9(20-14(15,16)17)4-5-11(10)19-12/h4-8H,1-3H3,(H,18,19). The van der Waals surface area contributed by atoms with Gasteiger partial charge < -0.3 is 10.1 Å². The summed E-state index contributed by atoms with van der Waals surface area (Å²) in [5.41, 5.74) is 2.24. The highest BCUT2D eigenvalue weighted by molar-refractivity contribution is 5.92. The Morgan fingerprint density at radius 1 is 1.20 bits per heavy atom. The van der Waals surface area contributed by atoms with Gasteiger partial charge in [-0.3, -0.25) is 4.98 Å². The number of aromatic nitrogens is 1. The number of ether oxygens (including phenoxy) is 1. The summed E-state index contributed by atoms with van der Waals surface area (Å²) in [6, 6.07) is 5.98. The molecule has 0 unspecified atom stereocenters. The maximum Gasteiger partial charge on any atom is 0.573 e. The lowest BCUT2D eigenvalue weighted by molar-refractivity contribution is -0.274. The van der Waals surface area contributed by atoms with Crippen LogP contribution in [0, 0.1) is 0 Å². The topological polar surface area (TPSA) is 34.2 Å². The molecule has 0 amide bonds. The molecule has 0 fully saturated rings. The van der Waals surface area contributed by atoms with E-state index in [0.717, 1.165) is 11.4 Å². The molecule has 0 saturated carbocycles. The highest BCUT2D eigenvalue weighted by Gasteiger charge is 2.31. The van der Waals surface area contributed by atoms with Gasteiger partial charge in [-0.2, -0.15) is 0 Å². The van der Waals surface area contributed by atoms with E-state index in [0.29, 0.717) is 10.9 Å². The highest BCUT2D eigenvalue weighted by atomic mass is 19.4. The van der Waals surface area contributed by atoms with Crippen molar-refractivity contribution < 1.29 is 17.9 Å². The van der Waals surface area contributed by atoms with Crippen LogP contribution in [0.4, 0.5) is 18.9 Å². The van der Waals surface area contributed by atoms with Crippen LogP contribution in [0.3, 0.4) is 0 Å². The van der Waals surface area contributed by atoms with E-state index < -0.39 is 6.36 Å². The molecule has 0 aliphatic heterocycles. The first kappa shape index (κ1) is 14.4. The van der Waals surface area contributed by atoms with Crippen LogP contribution < -0.4 is 10.1 Å². The van der Waals surface area contributed by atoms with E-state index in [1.54, 1.807) is 7.05 Å². The lowest BCUT2D eigenvalue weighted by Crippen LogP contribution is -2.17. The minimum atomic E-state index is -4.70. The molecule has 1 N–H and O–H groups in total. The molecule has 20 heavy (non-hydrogen) atoms. The van der Waals surface area contributed by atoms with Gasteiger partial charge in [0.2, 0.25) is 0 Å². The molecule has 0 aliphatic carbocycles. The number of rotatable bonds is 3. The third-order valence-corrected chi connectivity index (χ3v) is 2.89. The maximum absolute atomic E-state index is 12.2. The number of nitrogens with zero attached hydrogens (tertiary/aromatic N) is 1. The Morgan fingerprint density at radius 2 is 1.90 bits per heavy atom. The summed E-state index contributed by atoms with van der Waals surface area (Å²) in [5, 5.41) is 3.57. The monoisotopic (exact) mass is 284 g/mol. The summed E-state index contributed by atoms with van der Waals surface area (Å²) < 4.78 is 40.7. The number of benzene rings is 1. The SMILES string of the molecule is CNc1cc(C(C)C)nc2ccc(OC(F)(F)F)cc12. The van der Waals surface area contributed by atoms with Gasteiger partial charge in [-0.15, -0.1) is 13.2 Å². The van der Waals surface area contributed by atoms with Gasteiger partial charge in [0.15, 0.2) is 0 Å². The molecule has 3 nitrogen and oxygen atoms in total. The van der Waals surface area contributed by atoms with E-state index in [4.69, 9.17) is 0 Å². The summed E-state index contributed by atoms with van der Waals surface area (Å²) in [6.07, 6.45) is -4.70. The van der Waals surface area contributed by atoms with Gasteiger partial charge >= 0.3 is 6.36 Å². The molecule has 1 aromatic carbocycles. The number of hydrogen-bond acceptors (Lipinski definition) is 3. The zero-order valence-corrected chi connectivity index (χ0v) is 11.4. The van der Waals surface area contributed by atoms with Crippen molar-refractivity contribution in [3.05, 3.63) is 30.0 Å². The number of fused-ring (bicyclic) bond motifs is 1. The second kappa shape index (κ2) is 5.19. The molecule has 0 bridgehead atoms. The Morgan fingerprint density at radius 3 is 2.45 bits per heavy atom. The van der Waals surface area contributed by atoms with Gasteiger partial charge in [0.05, 0.1) is 5.52 Å². The zero-order valence-electron chi connectivity index (χ0n) is 11.4. The lowest BCUT2D eigenvalue weighted by atomic mass is 10.1. The normalized spacial score (nSPS) is 11.9. The van der Waals surface area contributed by atoms with Gasteiger partial charge in [0.1, 0.15) is 5.75 Å². The molecule has 2 rings (SSSR count). The first-order valence-electron chi connectivity index (χ1n) is 6.18. The fraction of sp³-hybridized carbons (Fsp3) is 0.357. The minimum absolute atomic E-state index is 0.234. The van der Waals surface area contributed by atoms with Crippen molar-refractivity contribution in [1.29, 1.82) is 0 Å². The molecule has 2 aromatic rings. The van der Waals surface area contributed by atoms with E-state index in [1.165, 1.54) is 18.2 Å². The van der Waals surface area contributed by atoms with Crippen molar-refractivity contribution in [3.8, 4) is 5.75 Å². The number of nitrogens with one attached hydrogen (secondary N) is 1. The average Bonchev–Trinajstić information content (AvgIpc) is 2.35. The quantitative estimate of drug-likeness (QED) is 0.912. The van der Waals surface area contributed by atoms with Crippen LogP contribution >= 0.6 is 0 Å². The van der Waals surface area contributed by atoms with Gasteiger partial charge in [-0.05, 0) is 30.2 Å². The third-order valence-electron chi connectivity index (χ3n) is 2.89. The molecule has 6 heteroatoms. The van der Waals surface area contributed by atoms with Crippen LogP contribution in [-0.4, -0.2) is 18.4 Å². The van der Waals surface area contributed by atoms with Crippen LogP contribution in [0.15, 0.2) is 24.3 Å². The van der Waals surface area contributed by atoms with Gasteiger partial charge in [-0.25, -0.2) is 0 Å². The van der Waals surface area contributed by atoms with Crippen LogP contribution in [0.5, 0.6) is 5.75 Å². The van der Waals surface area contributed by atoms with Crippen molar-refractivity contribution >= 4 is 16.6 Å². The largest absolute Gasteiger partial charge is 0.573 e. The Kier molecular flexibility index (Phi) is 3.74. The first-order chi connectivity index (χ1) is 9.30. The summed E-state index contributed by atoms with van der Waals surface area (Å²) in [6.45, 7) is 4.02. The molecular weight excluding hydrogens is 269 g/mol. The van der Waals surface area contributed by atoms with Crippen LogP contribution in [0.2, 0.25) is 0 Å². The molecule has 1 aromatic heterocycles. The van der Waals surface area contributed by atoms with Crippen LogP contribution in [0.25, 0.3) is 10.9 Å². The van der Waals surface area contributed by atoms with Crippen molar-refractivity contribution in [2.75, 3.05) is 12.4 Å². The van der Waals surface area contributed by atoms with Gasteiger partial charge in [0, 0.05) is 23.8 Å². The van der Waals surface area contributed by atoms with Crippen molar-refractivity contribution in [2.24, 2.45) is 0 Å². The number of pyridine rings is 1. The second-order valence-corrected chi connectivity index (χ2v) is 4.73. The molecule has 0 saturated heterocycles. The van der Waals surface area contributed by atoms with Crippen LogP contribution in [-0.2, 0) is 0 Å². The Balaban J connectivity index is 2.54. The summed E-state index contributed by atoms with van der Waals surface area (Å²) in [5.74, 6) is -0.0156. The molecular formula is C14H15F3N2O. The van der Waals surface area contributed by atoms with E-state index in [-0.39, 0.29) is 11.7 Å². The molecule has 0 atom stereocenters. The van der Waals surface area contributed by atoms with E-state index in [9.17, 15) is 13.2 Å². The molecule has 0 aliphatic rings. The highest BCUT2D eigenvalue weighted by Crippen LogP contribution is 2.31. The first-order valence-corrected chi connectivity index (χ1v) is 6.18. The molecule has 108 valence electrons. The predicted octanol–water partition coefficient (Wildman–Crippen LogP) is 4.30. The fourth-order valence-electron chi connectivity index (χ4n) is 1.93. The number of hydrogen-bond donors (Lipinski definition) is 1. The number of alkyl halides is 3. The van der Waals surface area contributed by atoms with Gasteiger partial charge in [0.25, 0.3) is 0 Å². The average molecular weight is 284 g/mol. The number of anilines is 1. The van der Waals surface area contributed by atoms with Crippen LogP contribution in [0.1, 0.15) is 25.5 Å².